The monoisotopic (exact) mass is 332 g/mol. The zero-order chi connectivity index (χ0) is 17.0. The number of rotatable bonds is 5. The van der Waals surface area contributed by atoms with Crippen LogP contribution in [0.4, 0.5) is 17.3 Å². The van der Waals surface area contributed by atoms with Gasteiger partial charge in [-0.15, -0.1) is 11.6 Å². The summed E-state index contributed by atoms with van der Waals surface area (Å²) < 4.78 is 0. The van der Waals surface area contributed by atoms with Gasteiger partial charge in [0.1, 0.15) is 0 Å². The van der Waals surface area contributed by atoms with Crippen LogP contribution in [-0.2, 0) is 4.79 Å². The van der Waals surface area contributed by atoms with E-state index in [1.165, 1.54) is 0 Å². The summed E-state index contributed by atoms with van der Waals surface area (Å²) in [6, 6.07) is 9.33. The molecule has 0 bridgehead atoms. The molecule has 0 unspecified atom stereocenters. The van der Waals surface area contributed by atoms with Gasteiger partial charge in [0.25, 0.3) is 0 Å². The molecule has 0 spiro atoms. The van der Waals surface area contributed by atoms with Crippen molar-refractivity contribution in [1.29, 1.82) is 0 Å². The van der Waals surface area contributed by atoms with Gasteiger partial charge in [-0.1, -0.05) is 6.07 Å². The van der Waals surface area contributed by atoms with Gasteiger partial charge < -0.3 is 10.6 Å². The van der Waals surface area contributed by atoms with Gasteiger partial charge in [-0.2, -0.15) is 0 Å². The van der Waals surface area contributed by atoms with Crippen molar-refractivity contribution in [2.24, 2.45) is 5.41 Å². The molecule has 0 saturated carbocycles. The van der Waals surface area contributed by atoms with Gasteiger partial charge in [0.05, 0.1) is 5.41 Å². The Kier molecular flexibility index (Phi) is 5.21. The Morgan fingerprint density at radius 1 is 1.13 bits per heavy atom. The van der Waals surface area contributed by atoms with Crippen molar-refractivity contribution >= 4 is 34.8 Å². The van der Waals surface area contributed by atoms with E-state index in [1.807, 2.05) is 44.2 Å². The van der Waals surface area contributed by atoms with Crippen molar-refractivity contribution in [1.82, 2.24) is 9.97 Å². The summed E-state index contributed by atoms with van der Waals surface area (Å²) in [5, 5.41) is 6.03. The third kappa shape index (κ3) is 4.66. The lowest BCUT2D eigenvalue weighted by Gasteiger charge is -2.20. The number of hydrogen-bond acceptors (Lipinski definition) is 4. The number of nitrogens with one attached hydrogen (secondary N) is 2. The van der Waals surface area contributed by atoms with Crippen LogP contribution in [0.3, 0.4) is 0 Å². The molecule has 1 aromatic carbocycles. The predicted octanol–water partition coefficient (Wildman–Crippen LogP) is 4.04. The van der Waals surface area contributed by atoms with E-state index >= 15 is 0 Å². The Hall–Kier alpha value is -2.14. The average molecular weight is 333 g/mol. The van der Waals surface area contributed by atoms with Crippen LogP contribution >= 0.6 is 11.6 Å². The number of carbonyl (C=O) groups is 1. The molecule has 5 nitrogen and oxygen atoms in total. The first kappa shape index (κ1) is 17.2. The first-order chi connectivity index (χ1) is 10.8. The second-order valence-electron chi connectivity index (χ2n) is 6.15. The van der Waals surface area contributed by atoms with Gasteiger partial charge in [-0.05, 0) is 52.0 Å². The highest BCUT2D eigenvalue weighted by Gasteiger charge is 2.26. The van der Waals surface area contributed by atoms with Crippen LogP contribution in [0.1, 0.15) is 25.2 Å². The van der Waals surface area contributed by atoms with Crippen LogP contribution in [0.5, 0.6) is 0 Å². The minimum atomic E-state index is -0.623. The van der Waals surface area contributed by atoms with Gasteiger partial charge in [-0.3, -0.25) is 4.79 Å². The molecular formula is C17H21ClN4O. The molecule has 1 aromatic heterocycles. The normalized spacial score (nSPS) is 11.2. The van der Waals surface area contributed by atoms with Crippen molar-refractivity contribution in [3.05, 3.63) is 41.7 Å². The third-order valence-electron chi connectivity index (χ3n) is 3.31. The SMILES string of the molecule is Cc1cc(C)nc(Nc2cccc(NC(=O)C(C)(C)CCl)c2)n1. The zero-order valence-electron chi connectivity index (χ0n) is 13.8. The van der Waals surface area contributed by atoms with E-state index in [0.717, 1.165) is 17.1 Å². The molecule has 1 heterocycles. The smallest absolute Gasteiger partial charge is 0.231 e. The number of carbonyl (C=O) groups excluding carboxylic acids is 1. The Morgan fingerprint density at radius 2 is 1.74 bits per heavy atom. The average Bonchev–Trinajstić information content (AvgIpc) is 2.46. The topological polar surface area (TPSA) is 66.9 Å². The Labute approximate surface area is 141 Å². The maximum absolute atomic E-state index is 12.2. The van der Waals surface area contributed by atoms with E-state index in [0.29, 0.717) is 11.6 Å². The van der Waals surface area contributed by atoms with E-state index < -0.39 is 5.41 Å². The van der Waals surface area contributed by atoms with Crippen LogP contribution in [0.15, 0.2) is 30.3 Å². The molecule has 0 atom stereocenters. The lowest BCUT2D eigenvalue weighted by Crippen LogP contribution is -2.32. The number of anilines is 3. The van der Waals surface area contributed by atoms with Gasteiger partial charge in [-0.25, -0.2) is 9.97 Å². The first-order valence-electron chi connectivity index (χ1n) is 7.37. The van der Waals surface area contributed by atoms with Gasteiger partial charge in [0, 0.05) is 28.6 Å². The van der Waals surface area contributed by atoms with Crippen molar-refractivity contribution in [2.45, 2.75) is 27.7 Å². The summed E-state index contributed by atoms with van der Waals surface area (Å²) >= 11 is 5.83. The van der Waals surface area contributed by atoms with E-state index in [2.05, 4.69) is 20.6 Å². The molecule has 0 aliphatic heterocycles. The van der Waals surface area contributed by atoms with Crippen molar-refractivity contribution < 1.29 is 4.79 Å². The summed E-state index contributed by atoms with van der Waals surface area (Å²) in [5.74, 6) is 0.673. The molecule has 23 heavy (non-hydrogen) atoms. The molecular weight excluding hydrogens is 312 g/mol. The van der Waals surface area contributed by atoms with Crippen LogP contribution in [-0.4, -0.2) is 21.8 Å². The highest BCUT2D eigenvalue weighted by Crippen LogP contribution is 2.23. The molecule has 2 aromatic rings. The summed E-state index contributed by atoms with van der Waals surface area (Å²) in [4.78, 5) is 20.9. The largest absolute Gasteiger partial charge is 0.326 e. The Morgan fingerprint density at radius 3 is 2.35 bits per heavy atom. The van der Waals surface area contributed by atoms with E-state index in [-0.39, 0.29) is 11.8 Å². The molecule has 2 N–H and O–H groups in total. The molecule has 2 rings (SSSR count). The quantitative estimate of drug-likeness (QED) is 0.811. The minimum Gasteiger partial charge on any atom is -0.326 e. The van der Waals surface area contributed by atoms with E-state index in [4.69, 9.17) is 11.6 Å². The van der Waals surface area contributed by atoms with Crippen molar-refractivity contribution in [2.75, 3.05) is 16.5 Å². The predicted molar refractivity (Wildman–Crippen MR) is 94.4 cm³/mol. The van der Waals surface area contributed by atoms with Crippen molar-refractivity contribution in [3.8, 4) is 0 Å². The lowest BCUT2D eigenvalue weighted by atomic mass is 9.95. The van der Waals surface area contributed by atoms with E-state index in [9.17, 15) is 4.79 Å². The number of halogens is 1. The molecule has 0 aliphatic rings. The van der Waals surface area contributed by atoms with Crippen molar-refractivity contribution in [3.63, 3.8) is 0 Å². The fourth-order valence-electron chi connectivity index (χ4n) is 1.95. The molecule has 0 radical (unpaired) electrons. The Bertz CT molecular complexity index is 695. The minimum absolute atomic E-state index is 0.118. The summed E-state index contributed by atoms with van der Waals surface area (Å²) in [6.45, 7) is 7.46. The first-order valence-corrected chi connectivity index (χ1v) is 7.90. The third-order valence-corrected chi connectivity index (χ3v) is 3.98. The van der Waals surface area contributed by atoms with Crippen LogP contribution in [0, 0.1) is 19.3 Å². The molecule has 6 heteroatoms. The van der Waals surface area contributed by atoms with Gasteiger partial charge >= 0.3 is 0 Å². The number of aromatic nitrogens is 2. The highest BCUT2D eigenvalue weighted by molar-refractivity contribution is 6.20. The standard InChI is InChI=1S/C17H21ClN4O/c1-11-8-12(2)20-16(19-11)22-14-7-5-6-13(9-14)21-15(23)17(3,4)10-18/h5-9H,10H2,1-4H3,(H,21,23)(H,19,20,22). The lowest BCUT2D eigenvalue weighted by molar-refractivity contribution is -0.122. The maximum atomic E-state index is 12.2. The second-order valence-corrected chi connectivity index (χ2v) is 6.42. The number of amides is 1. The summed E-state index contributed by atoms with van der Waals surface area (Å²) in [6.07, 6.45) is 0. The second kappa shape index (κ2) is 6.96. The maximum Gasteiger partial charge on any atom is 0.231 e. The number of nitrogens with zero attached hydrogens (tertiary/aromatic N) is 2. The molecule has 0 aliphatic carbocycles. The number of aryl methyl sites for hydroxylation is 2. The number of hydrogen-bond donors (Lipinski definition) is 2. The number of alkyl halides is 1. The summed E-state index contributed by atoms with van der Waals surface area (Å²) in [7, 11) is 0. The summed E-state index contributed by atoms with van der Waals surface area (Å²) in [5.41, 5.74) is 2.67. The van der Waals surface area contributed by atoms with Gasteiger partial charge in [0.15, 0.2) is 0 Å². The molecule has 0 saturated heterocycles. The van der Waals surface area contributed by atoms with Crippen LogP contribution < -0.4 is 10.6 Å². The number of benzene rings is 1. The molecule has 122 valence electrons. The fourth-order valence-corrected chi connectivity index (χ4v) is 2.07. The molecule has 0 fully saturated rings. The molecule has 1 amide bonds. The highest BCUT2D eigenvalue weighted by atomic mass is 35.5. The zero-order valence-corrected chi connectivity index (χ0v) is 14.5. The van der Waals surface area contributed by atoms with E-state index in [1.54, 1.807) is 13.8 Å². The van der Waals surface area contributed by atoms with Gasteiger partial charge in [0.2, 0.25) is 11.9 Å². The fraction of sp³-hybridized carbons (Fsp3) is 0.353. The van der Waals surface area contributed by atoms with Crippen LogP contribution in [0.2, 0.25) is 0 Å². The van der Waals surface area contributed by atoms with Crippen LogP contribution in [0.25, 0.3) is 0 Å². The Balaban J connectivity index is 2.15.